The third kappa shape index (κ3) is 5.13. The first-order valence-electron chi connectivity index (χ1n) is 11.6. The van der Waals surface area contributed by atoms with Crippen LogP contribution in [0, 0.1) is 20.4 Å². The molecule has 0 fully saturated rings. The van der Waals surface area contributed by atoms with E-state index in [0.717, 1.165) is 27.8 Å². The Bertz CT molecular complexity index is 1460. The number of carbonyl (C=O) groups is 1. The lowest BCUT2D eigenvalue weighted by Gasteiger charge is -2.24. The van der Waals surface area contributed by atoms with Gasteiger partial charge in [-0.2, -0.15) is 4.31 Å². The average molecular weight is 505 g/mol. The van der Waals surface area contributed by atoms with Gasteiger partial charge in [-0.3, -0.25) is 4.79 Å². The molecule has 4 rings (SSSR count). The maximum atomic E-state index is 13.5. The van der Waals surface area contributed by atoms with Gasteiger partial charge in [0.15, 0.2) is 5.69 Å². The second-order valence-corrected chi connectivity index (χ2v) is 11.1. The summed E-state index contributed by atoms with van der Waals surface area (Å²) in [5, 5.41) is 9.66. The van der Waals surface area contributed by atoms with E-state index >= 15 is 0 Å². The summed E-state index contributed by atoms with van der Waals surface area (Å²) in [6.07, 6.45) is -0.462. The molecule has 1 N–H and O–H groups in total. The van der Waals surface area contributed by atoms with Crippen molar-refractivity contribution in [1.82, 2.24) is 4.31 Å². The van der Waals surface area contributed by atoms with Gasteiger partial charge in [0.1, 0.15) is 16.7 Å². The highest BCUT2D eigenvalue weighted by molar-refractivity contribution is 7.89. The van der Waals surface area contributed by atoms with Gasteiger partial charge in [-0.15, -0.1) is 0 Å². The van der Waals surface area contributed by atoms with Crippen LogP contribution in [0.4, 0.5) is 5.69 Å². The fraction of sp³-hybridized carbons (Fsp3) is 0.286. The Morgan fingerprint density at radius 2 is 1.89 bits per heavy atom. The number of aryl methyl sites for hydroxylation is 2. The van der Waals surface area contributed by atoms with Crippen molar-refractivity contribution in [3.05, 3.63) is 99.9 Å². The van der Waals surface area contributed by atoms with Gasteiger partial charge in [0.25, 0.3) is 0 Å². The van der Waals surface area contributed by atoms with E-state index in [2.05, 4.69) is 4.85 Å². The zero-order valence-corrected chi connectivity index (χ0v) is 21.2. The van der Waals surface area contributed by atoms with Gasteiger partial charge in [-0.1, -0.05) is 54.1 Å². The molecule has 186 valence electrons. The van der Waals surface area contributed by atoms with Crippen molar-refractivity contribution in [3.8, 4) is 5.75 Å². The van der Waals surface area contributed by atoms with E-state index in [-0.39, 0.29) is 30.5 Å². The quantitative estimate of drug-likeness (QED) is 0.452. The summed E-state index contributed by atoms with van der Waals surface area (Å²) in [7, 11) is -3.80. The Balaban J connectivity index is 1.74. The lowest BCUT2D eigenvalue weighted by Crippen LogP contribution is -2.35. The molecule has 36 heavy (non-hydrogen) atoms. The molecule has 1 unspecified atom stereocenters. The second-order valence-electron chi connectivity index (χ2n) is 9.16. The number of rotatable bonds is 6. The minimum atomic E-state index is -3.80. The van der Waals surface area contributed by atoms with Gasteiger partial charge in [-0.25, -0.2) is 13.3 Å². The lowest BCUT2D eigenvalue weighted by atomic mass is 9.84. The van der Waals surface area contributed by atoms with E-state index < -0.39 is 21.9 Å². The van der Waals surface area contributed by atoms with Crippen LogP contribution >= 0.6 is 0 Å². The maximum absolute atomic E-state index is 13.5. The van der Waals surface area contributed by atoms with Gasteiger partial charge in [0.2, 0.25) is 10.0 Å². The molecule has 3 aromatic rings. The number of hydrogen-bond acceptors (Lipinski definition) is 4. The predicted octanol–water partition coefficient (Wildman–Crippen LogP) is 5.43. The van der Waals surface area contributed by atoms with E-state index in [0.29, 0.717) is 11.4 Å². The first-order valence-corrected chi connectivity index (χ1v) is 13.1. The van der Waals surface area contributed by atoms with Gasteiger partial charge >= 0.3 is 5.97 Å². The maximum Gasteiger partial charge on any atom is 0.304 e. The highest BCUT2D eigenvalue weighted by Gasteiger charge is 2.33. The summed E-state index contributed by atoms with van der Waals surface area (Å²) in [5.74, 6) is -1.03. The zero-order chi connectivity index (χ0) is 26.0. The van der Waals surface area contributed by atoms with Crippen LogP contribution in [-0.4, -0.2) is 36.4 Å². The molecular formula is C28H28N2O5S. The van der Waals surface area contributed by atoms with Crippen LogP contribution in [-0.2, 0) is 21.4 Å². The summed E-state index contributed by atoms with van der Waals surface area (Å²) in [4.78, 5) is 15.4. The van der Waals surface area contributed by atoms with Crippen LogP contribution < -0.4 is 4.74 Å². The average Bonchev–Trinajstić information content (AvgIpc) is 2.92. The van der Waals surface area contributed by atoms with Gasteiger partial charge < -0.3 is 9.84 Å². The molecule has 2 atom stereocenters. The van der Waals surface area contributed by atoms with Crippen molar-refractivity contribution in [2.45, 2.75) is 50.7 Å². The van der Waals surface area contributed by atoms with E-state index in [9.17, 15) is 18.3 Å². The lowest BCUT2D eigenvalue weighted by molar-refractivity contribution is -0.137. The number of nitrogens with zero attached hydrogens (tertiary/aromatic N) is 2. The van der Waals surface area contributed by atoms with Crippen molar-refractivity contribution in [1.29, 1.82) is 0 Å². The molecular weight excluding hydrogens is 476 g/mol. The molecule has 3 aromatic carbocycles. The van der Waals surface area contributed by atoms with Crippen molar-refractivity contribution in [3.63, 3.8) is 0 Å². The van der Waals surface area contributed by atoms with Crippen LogP contribution in [0.25, 0.3) is 4.85 Å². The topological polar surface area (TPSA) is 88.3 Å². The molecule has 0 spiro atoms. The number of aliphatic carboxylic acids is 1. The normalized spacial score (nSPS) is 17.8. The van der Waals surface area contributed by atoms with Crippen LogP contribution in [0.15, 0.2) is 65.6 Å². The number of carboxylic acid groups (broad SMARTS) is 1. The molecule has 7 nitrogen and oxygen atoms in total. The number of ether oxygens (including phenoxy) is 1. The molecule has 0 radical (unpaired) electrons. The molecule has 0 saturated heterocycles. The summed E-state index contributed by atoms with van der Waals surface area (Å²) in [5.41, 5.74) is 4.67. The van der Waals surface area contributed by atoms with Crippen LogP contribution in [0.3, 0.4) is 0 Å². The highest BCUT2D eigenvalue weighted by Crippen LogP contribution is 2.35. The Kier molecular flexibility index (Phi) is 7.16. The summed E-state index contributed by atoms with van der Waals surface area (Å²) >= 11 is 0. The minimum absolute atomic E-state index is 0.124. The zero-order valence-electron chi connectivity index (χ0n) is 20.4. The molecule has 1 aliphatic rings. The molecule has 0 saturated carbocycles. The van der Waals surface area contributed by atoms with E-state index in [4.69, 9.17) is 11.3 Å². The first-order chi connectivity index (χ1) is 17.1. The van der Waals surface area contributed by atoms with Crippen molar-refractivity contribution in [2.75, 3.05) is 6.54 Å². The number of sulfonamides is 1. The molecule has 0 amide bonds. The van der Waals surface area contributed by atoms with E-state index in [1.54, 1.807) is 36.4 Å². The summed E-state index contributed by atoms with van der Waals surface area (Å²) < 4.78 is 34.3. The van der Waals surface area contributed by atoms with Gasteiger partial charge in [-0.05, 0) is 55.2 Å². The number of fused-ring (bicyclic) bond motifs is 1. The number of benzene rings is 3. The predicted molar refractivity (Wildman–Crippen MR) is 137 cm³/mol. The Hall–Kier alpha value is -3.67. The first kappa shape index (κ1) is 25.4. The Morgan fingerprint density at radius 3 is 2.58 bits per heavy atom. The summed E-state index contributed by atoms with van der Waals surface area (Å²) in [6.45, 7) is 13.2. The SMILES string of the molecule is [C-]#[N+]c1ccc(C(CC(=O)O)c2ccc(C)c(CN3C[C@@H](C)Oc4ccccc4S3(=O)=O)c2)c(C)c1. The molecule has 0 bridgehead atoms. The molecule has 1 heterocycles. The van der Waals surface area contributed by atoms with Crippen molar-refractivity contribution >= 4 is 21.7 Å². The molecule has 8 heteroatoms. The number of hydrogen-bond donors (Lipinski definition) is 1. The van der Waals surface area contributed by atoms with Gasteiger partial charge in [0, 0.05) is 12.5 Å². The van der Waals surface area contributed by atoms with Crippen molar-refractivity contribution in [2.24, 2.45) is 0 Å². The summed E-state index contributed by atoms with van der Waals surface area (Å²) in [6, 6.07) is 17.6. The third-order valence-corrected chi connectivity index (χ3v) is 8.37. The second kappa shape index (κ2) is 10.1. The van der Waals surface area contributed by atoms with Crippen LogP contribution in [0.1, 0.15) is 47.1 Å². The van der Waals surface area contributed by atoms with E-state index in [1.165, 1.54) is 4.31 Å². The molecule has 1 aliphatic heterocycles. The monoisotopic (exact) mass is 504 g/mol. The van der Waals surface area contributed by atoms with E-state index in [1.807, 2.05) is 45.0 Å². The van der Waals surface area contributed by atoms with Crippen LogP contribution in [0.2, 0.25) is 0 Å². The highest BCUT2D eigenvalue weighted by atomic mass is 32.2. The third-order valence-electron chi connectivity index (χ3n) is 6.51. The number of carboxylic acids is 1. The minimum Gasteiger partial charge on any atom is -0.488 e. The van der Waals surface area contributed by atoms with Crippen molar-refractivity contribution < 1.29 is 23.1 Å². The smallest absolute Gasteiger partial charge is 0.304 e. The van der Waals surface area contributed by atoms with Gasteiger partial charge in [0.05, 0.1) is 19.5 Å². The molecule has 0 aliphatic carbocycles. The fourth-order valence-electron chi connectivity index (χ4n) is 4.66. The molecule has 0 aromatic heterocycles. The number of para-hydroxylation sites is 1. The Labute approximate surface area is 211 Å². The Morgan fingerprint density at radius 1 is 1.14 bits per heavy atom. The largest absolute Gasteiger partial charge is 0.488 e. The van der Waals surface area contributed by atoms with Crippen LogP contribution in [0.5, 0.6) is 5.75 Å². The fourth-order valence-corrected chi connectivity index (χ4v) is 6.27. The standard InChI is InChI=1S/C28H28N2O5S/c1-18-9-10-21(25(15-28(31)32)24-12-11-23(29-4)13-19(24)2)14-22(18)17-30-16-20(3)35-26-7-5-6-8-27(26)36(30,33)34/h5-14,20,25H,15-17H2,1-3H3,(H,31,32)/t20-,25?/m1/s1.